The molecule has 148 heavy (non-hydrogen) atoms. The van der Waals surface area contributed by atoms with Gasteiger partial charge in [-0.05, 0) is 279 Å². The number of rotatable bonds is 25. The summed E-state index contributed by atoms with van der Waals surface area (Å²) in [7, 11) is 3.35. The lowest BCUT2D eigenvalue weighted by atomic mass is 10.0. The number of likely N-dealkylation sites (tertiary alicyclic amines) is 4. The molecule has 0 unspecified atom stereocenters. The smallest absolute Gasteiger partial charge is 0.321 e. The van der Waals surface area contributed by atoms with Crippen molar-refractivity contribution >= 4 is 125 Å². The van der Waals surface area contributed by atoms with Crippen LogP contribution in [0.1, 0.15) is 174 Å². The highest BCUT2D eigenvalue weighted by molar-refractivity contribution is 6.15. The van der Waals surface area contributed by atoms with Crippen LogP contribution in [0.5, 0.6) is 0 Å². The molecule has 6 saturated heterocycles. The van der Waals surface area contributed by atoms with Gasteiger partial charge in [-0.25, -0.2) is 4.79 Å². The van der Waals surface area contributed by atoms with Gasteiger partial charge in [0.1, 0.15) is 0 Å². The van der Waals surface area contributed by atoms with Gasteiger partial charge in [-0.1, -0.05) is 49.9 Å². The van der Waals surface area contributed by atoms with E-state index in [1.54, 1.807) is 63.7 Å². The molecule has 36 heteroatoms. The Morgan fingerprint density at radius 2 is 0.588 bits per heavy atom. The molecule has 7 amide bonds. The molecule has 6 aliphatic heterocycles. The fourth-order valence-electron chi connectivity index (χ4n) is 19.6. The first-order valence-electron chi connectivity index (χ1n) is 51.6. The molecule has 4 aromatic carbocycles. The predicted octanol–water partition coefficient (Wildman–Crippen LogP) is 18.3. The average molecular weight is 1990 g/mol. The number of carbonyl (C=O) groups is 6. The zero-order valence-electron chi connectivity index (χ0n) is 83.5. The van der Waals surface area contributed by atoms with Crippen LogP contribution in [0.4, 0.5) is 50.3 Å². The third-order valence-electron chi connectivity index (χ3n) is 28.0. The fourth-order valence-corrected chi connectivity index (χ4v) is 19.6. The number of ether oxygens (including phenoxy) is 1. The zero-order chi connectivity index (χ0) is 101. The Balaban J connectivity index is 0.000000120. The van der Waals surface area contributed by atoms with Gasteiger partial charge in [-0.15, -0.1) is 0 Å². The minimum atomic E-state index is -0.320. The second-order valence-electron chi connectivity index (χ2n) is 39.2. The molecule has 0 spiro atoms. The maximum absolute atomic E-state index is 13.2. The topological polar surface area (TPSA) is 424 Å². The Morgan fingerprint density at radius 1 is 0.297 bits per heavy atom. The van der Waals surface area contributed by atoms with Crippen LogP contribution in [0.2, 0.25) is 0 Å². The lowest BCUT2D eigenvalue weighted by Crippen LogP contribution is -2.36. The van der Waals surface area contributed by atoms with Gasteiger partial charge >= 0.3 is 6.03 Å². The Bertz CT molecular complexity index is 6890. The second kappa shape index (κ2) is 47.4. The number of fused-ring (bicyclic) bond motifs is 4. The summed E-state index contributed by atoms with van der Waals surface area (Å²) in [4.78, 5) is 128. The zero-order valence-corrected chi connectivity index (χ0v) is 83.5. The number of carbonyl (C=O) groups excluding carboxylic acids is 6. The number of pyridine rings is 8. The van der Waals surface area contributed by atoms with Crippen molar-refractivity contribution in [2.45, 2.75) is 135 Å². The third-order valence-corrected chi connectivity index (χ3v) is 28.0. The van der Waals surface area contributed by atoms with Crippen LogP contribution in [0.3, 0.4) is 0 Å². The van der Waals surface area contributed by atoms with Crippen molar-refractivity contribution < 1.29 is 33.5 Å². The molecule has 12 aromatic heterocycles. The Morgan fingerprint density at radius 3 is 0.885 bits per heavy atom. The van der Waals surface area contributed by atoms with Crippen LogP contribution >= 0.6 is 0 Å². The molecule has 23 rings (SSSR count). The average Bonchev–Trinajstić information content (AvgIpc) is 1.70. The molecular formula is C112H123N29O7. The Kier molecular flexibility index (Phi) is 31.8. The van der Waals surface area contributed by atoms with E-state index in [1.807, 2.05) is 158 Å². The van der Waals surface area contributed by atoms with Gasteiger partial charge in [-0.2, -0.15) is 20.4 Å². The first kappa shape index (κ1) is 99.3. The summed E-state index contributed by atoms with van der Waals surface area (Å²) in [5.41, 5.74) is 21.9. The van der Waals surface area contributed by atoms with E-state index in [1.165, 1.54) is 101 Å². The number of morpholine rings is 1. The second-order valence-corrected chi connectivity index (χ2v) is 39.2. The molecular weight excluding hydrogens is 1860 g/mol. The number of aromatic amines is 4. The Labute approximate surface area is 857 Å². The van der Waals surface area contributed by atoms with Gasteiger partial charge in [0.25, 0.3) is 23.6 Å². The molecule has 7 fully saturated rings. The molecule has 7 aliphatic rings. The number of urea groups is 1. The summed E-state index contributed by atoms with van der Waals surface area (Å²) in [6, 6.07) is 46.7. The lowest BCUT2D eigenvalue weighted by molar-refractivity contribution is -0.117. The van der Waals surface area contributed by atoms with Crippen molar-refractivity contribution in [2.24, 2.45) is 5.92 Å². The molecule has 16 aromatic rings. The third kappa shape index (κ3) is 25.5. The van der Waals surface area contributed by atoms with Gasteiger partial charge < -0.3 is 51.3 Å². The van der Waals surface area contributed by atoms with E-state index in [4.69, 9.17) is 4.74 Å². The van der Waals surface area contributed by atoms with Gasteiger partial charge in [0, 0.05) is 141 Å². The monoisotopic (exact) mass is 1990 g/mol. The van der Waals surface area contributed by atoms with Crippen molar-refractivity contribution in [3.8, 4) is 44.5 Å². The highest BCUT2D eigenvalue weighted by Crippen LogP contribution is 2.37. The molecule has 0 radical (unpaired) electrons. The van der Waals surface area contributed by atoms with E-state index in [-0.39, 0.29) is 41.5 Å². The number of amides is 7. The summed E-state index contributed by atoms with van der Waals surface area (Å²) in [6.45, 7) is 17.6. The number of aromatic nitrogens is 16. The standard InChI is InChI=1S/C29H33N7O.C28H31N7O2.C28H29N7O2.C27H30N8O2/c37-29(32-23-8-9-24(31-18-23)20-35-11-3-1-4-12-35)28-26-16-21(7-10-27(26)33-34-28)22-15-25(19-30-17-22)36-13-5-2-6-14-36;36-28(31-22-5-6-23(30-17-22)19-34-8-2-1-3-9-34)27-25-15-20(4-7-26(25)32-33-27)21-14-24(18-29-16-21)35-10-12-37-13-11-35;36-27(18-4-5-18)32-23-12-20(14-29-15-23)19-6-9-25-24(13-19)26(34-33-25)28(37)31-21-7-8-22(30-16-21)17-35-10-2-1-3-11-35;1-34(2)27(37)31-22-12-19(14-28-15-22)18-6-9-24-23(13-18)25(33-32-24)26(36)30-20-7-8-21(29-16-20)17-35-10-4-3-5-11-35/h7-10,15-19H,1-6,11-14,20H2,(H,32,37)(H,33,34);4-7,14-18H,1-3,8-13,19H2,(H,31,36)(H,32,33);6-9,12-16,18H,1-5,10-11,17H2,(H,31,37)(H,32,36)(H,33,34);6-9,12-16H,3-5,10-11,17H2,1-2H3,(H,30,36)(H,31,37)(H,32,33). The number of benzene rings is 4. The fraction of sp³-hybridized carbons (Fsp3) is 0.339. The molecule has 36 nitrogen and oxygen atoms in total. The van der Waals surface area contributed by atoms with Gasteiger partial charge in [-0.3, -0.25) is 104 Å². The largest absolute Gasteiger partial charge is 0.378 e. The van der Waals surface area contributed by atoms with E-state index in [2.05, 4.69) is 154 Å². The number of piperidine rings is 5. The molecule has 10 N–H and O–H groups in total. The number of nitrogens with one attached hydrogen (secondary N) is 10. The summed E-state index contributed by atoms with van der Waals surface area (Å²) in [6.07, 6.45) is 41.9. The minimum Gasteiger partial charge on any atom is -0.378 e. The van der Waals surface area contributed by atoms with Crippen LogP contribution < -0.4 is 41.7 Å². The molecule has 1 saturated carbocycles. The number of anilines is 8. The predicted molar refractivity (Wildman–Crippen MR) is 576 cm³/mol. The summed E-state index contributed by atoms with van der Waals surface area (Å²) >= 11 is 0. The molecule has 0 bridgehead atoms. The van der Waals surface area contributed by atoms with Crippen molar-refractivity contribution in [1.82, 2.24) is 105 Å². The number of hydrogen-bond acceptors (Lipinski definition) is 25. The highest BCUT2D eigenvalue weighted by Gasteiger charge is 2.31. The van der Waals surface area contributed by atoms with Crippen LogP contribution in [0.25, 0.3) is 88.1 Å². The van der Waals surface area contributed by atoms with Crippen LogP contribution in [-0.2, 0) is 35.7 Å². The number of nitrogens with zero attached hydrogens (tertiary/aromatic N) is 19. The molecule has 758 valence electrons. The van der Waals surface area contributed by atoms with E-state index >= 15 is 0 Å². The van der Waals surface area contributed by atoms with E-state index in [0.29, 0.717) is 67.7 Å². The maximum Gasteiger partial charge on any atom is 0.321 e. The lowest BCUT2D eigenvalue weighted by Gasteiger charge is -2.28. The SMILES string of the molecule is CN(C)C(=O)Nc1cncc(-c2ccc3[nH]nc(C(=O)Nc4ccc(CN5CCCCC5)nc4)c3c2)c1.O=C(Nc1ccc(CN2CCCCC2)nc1)c1n[nH]c2ccc(-c3cncc(N4CCCCC4)c3)cc12.O=C(Nc1ccc(CN2CCCCC2)nc1)c1n[nH]c2ccc(-c3cncc(N4CCOCC4)c3)cc12.O=C(Nc1ccc(CN2CCCCC2)nc1)c1n[nH]c2ccc(-c3cncc(NC(=O)C4CC4)c3)cc12. The van der Waals surface area contributed by atoms with E-state index in [0.717, 1.165) is 242 Å². The van der Waals surface area contributed by atoms with Crippen LogP contribution in [0, 0.1) is 5.92 Å². The Hall–Kier alpha value is -16.0. The van der Waals surface area contributed by atoms with Crippen LogP contribution in [-0.4, -0.2) is 247 Å². The summed E-state index contributed by atoms with van der Waals surface area (Å²) in [5, 5.41) is 49.4. The summed E-state index contributed by atoms with van der Waals surface area (Å²) < 4.78 is 5.47. The summed E-state index contributed by atoms with van der Waals surface area (Å²) in [5.74, 6) is -0.995. The van der Waals surface area contributed by atoms with Crippen molar-refractivity contribution in [1.29, 1.82) is 0 Å². The van der Waals surface area contributed by atoms with Gasteiger partial charge in [0.2, 0.25) is 5.91 Å². The molecule has 18 heterocycles. The van der Waals surface area contributed by atoms with Gasteiger partial charge in [0.05, 0.1) is 153 Å². The molecule has 1 aliphatic carbocycles. The van der Waals surface area contributed by atoms with Gasteiger partial charge in [0.15, 0.2) is 22.8 Å². The first-order valence-corrected chi connectivity index (χ1v) is 51.6. The number of H-pyrrole nitrogens is 4. The van der Waals surface area contributed by atoms with Crippen molar-refractivity contribution in [3.63, 3.8) is 0 Å². The van der Waals surface area contributed by atoms with E-state index in [9.17, 15) is 28.8 Å². The maximum atomic E-state index is 13.2. The quantitative estimate of drug-likeness (QED) is 0.0254. The minimum absolute atomic E-state index is 0.0391. The highest BCUT2D eigenvalue weighted by atomic mass is 16.5. The van der Waals surface area contributed by atoms with Crippen molar-refractivity contribution in [3.05, 3.63) is 266 Å². The first-order chi connectivity index (χ1) is 72.5. The number of hydrogen-bond donors (Lipinski definition) is 10. The van der Waals surface area contributed by atoms with Crippen LogP contribution in [0.15, 0.2) is 220 Å². The molecule has 0 atom stereocenters. The van der Waals surface area contributed by atoms with E-state index < -0.39 is 0 Å². The van der Waals surface area contributed by atoms with Crippen molar-refractivity contribution in [2.75, 3.05) is 148 Å². The normalized spacial score (nSPS) is 15.8.